The Morgan fingerprint density at radius 1 is 0.893 bits per heavy atom. The lowest BCUT2D eigenvalue weighted by Crippen LogP contribution is -2.30. The smallest absolute Gasteiger partial charge is 0.306 e. The molecular weight excluding hydrogens is 356 g/mol. The van der Waals surface area contributed by atoms with Gasteiger partial charge in [0.2, 0.25) is 0 Å². The normalized spacial score (nSPS) is 28.0. The van der Waals surface area contributed by atoms with Gasteiger partial charge in [-0.25, -0.2) is 0 Å². The first-order chi connectivity index (χ1) is 13.5. The fourth-order valence-electron chi connectivity index (χ4n) is 4.59. The van der Waals surface area contributed by atoms with Gasteiger partial charge in [-0.15, -0.1) is 0 Å². The van der Waals surface area contributed by atoms with E-state index in [9.17, 15) is 9.59 Å². The van der Waals surface area contributed by atoms with E-state index in [0.717, 1.165) is 76.2 Å². The van der Waals surface area contributed by atoms with Gasteiger partial charge in [-0.1, -0.05) is 6.58 Å². The summed E-state index contributed by atoms with van der Waals surface area (Å²) in [5.74, 6) is 0.770. The molecule has 160 valence electrons. The molecule has 0 aromatic rings. The molecule has 5 nitrogen and oxygen atoms in total. The van der Waals surface area contributed by atoms with E-state index >= 15 is 0 Å². The number of carboxylic acid groups (broad SMARTS) is 1. The second-order valence-electron chi connectivity index (χ2n) is 8.67. The first-order valence-electron chi connectivity index (χ1n) is 11.1. The van der Waals surface area contributed by atoms with Crippen LogP contribution in [0.25, 0.3) is 0 Å². The lowest BCUT2D eigenvalue weighted by atomic mass is 9.70. The van der Waals surface area contributed by atoms with Crippen LogP contribution in [0.1, 0.15) is 77.6 Å². The van der Waals surface area contributed by atoms with E-state index in [1.807, 2.05) is 0 Å². The summed E-state index contributed by atoms with van der Waals surface area (Å²) in [5, 5.41) is 9.13. The molecule has 2 fully saturated rings. The van der Waals surface area contributed by atoms with Crippen molar-refractivity contribution in [3.8, 4) is 0 Å². The van der Waals surface area contributed by atoms with Crippen LogP contribution in [-0.2, 0) is 19.1 Å². The molecule has 0 amide bonds. The molecule has 2 aliphatic rings. The zero-order valence-electron chi connectivity index (χ0n) is 17.5. The van der Waals surface area contributed by atoms with Crippen molar-refractivity contribution < 1.29 is 24.2 Å². The van der Waals surface area contributed by atoms with Crippen LogP contribution in [0, 0.1) is 17.8 Å². The minimum Gasteiger partial charge on any atom is -0.481 e. The van der Waals surface area contributed by atoms with Crippen LogP contribution >= 0.6 is 0 Å². The Bertz CT molecular complexity index is 499. The van der Waals surface area contributed by atoms with Crippen molar-refractivity contribution in [2.45, 2.75) is 83.7 Å². The Kier molecular flexibility index (Phi) is 10.2. The number of carbonyl (C=O) groups is 2. The highest BCUT2D eigenvalue weighted by atomic mass is 16.5. The standard InChI is InChI=1S/C23H38O5/c1-17(2)22(24)16-27-14-4-3-5-15-28-21-12-10-19(11-13-21)18-6-8-20(9-7-18)23(25)26/h18-21H,1,3-16H2,2H3,(H,25,26). The van der Waals surface area contributed by atoms with Crippen LogP contribution in [0.3, 0.4) is 0 Å². The third-order valence-corrected chi connectivity index (χ3v) is 6.50. The molecule has 0 spiro atoms. The number of hydrogen-bond acceptors (Lipinski definition) is 4. The van der Waals surface area contributed by atoms with Gasteiger partial charge >= 0.3 is 5.97 Å². The molecule has 0 aromatic carbocycles. The number of carbonyl (C=O) groups excluding carboxylic acids is 1. The van der Waals surface area contributed by atoms with Crippen LogP contribution < -0.4 is 0 Å². The van der Waals surface area contributed by atoms with E-state index in [1.165, 1.54) is 12.8 Å². The Morgan fingerprint density at radius 2 is 1.46 bits per heavy atom. The lowest BCUT2D eigenvalue weighted by Gasteiger charge is -2.37. The van der Waals surface area contributed by atoms with Crippen molar-refractivity contribution >= 4 is 11.8 Å². The Hall–Kier alpha value is -1.20. The van der Waals surface area contributed by atoms with Gasteiger partial charge in [-0.05, 0) is 95.0 Å². The minimum atomic E-state index is -0.609. The highest BCUT2D eigenvalue weighted by molar-refractivity contribution is 5.95. The summed E-state index contributed by atoms with van der Waals surface area (Å²) in [5.41, 5.74) is 0.552. The summed E-state index contributed by atoms with van der Waals surface area (Å²) in [4.78, 5) is 22.4. The van der Waals surface area contributed by atoms with Gasteiger partial charge in [0.05, 0.1) is 12.0 Å². The number of aliphatic carboxylic acids is 1. The number of ketones is 1. The summed E-state index contributed by atoms with van der Waals surface area (Å²) in [7, 11) is 0. The quantitative estimate of drug-likeness (QED) is 0.381. The second kappa shape index (κ2) is 12.4. The van der Waals surface area contributed by atoms with Crippen molar-refractivity contribution in [3.63, 3.8) is 0 Å². The number of carboxylic acids is 1. The number of hydrogen-bond donors (Lipinski definition) is 1. The molecule has 28 heavy (non-hydrogen) atoms. The topological polar surface area (TPSA) is 72.8 Å². The van der Waals surface area contributed by atoms with E-state index in [1.54, 1.807) is 6.92 Å². The Balaban J connectivity index is 1.46. The maximum atomic E-state index is 11.4. The molecule has 0 radical (unpaired) electrons. The van der Waals surface area contributed by atoms with Gasteiger partial charge in [0, 0.05) is 13.2 Å². The van der Waals surface area contributed by atoms with E-state index in [0.29, 0.717) is 18.3 Å². The molecule has 0 saturated heterocycles. The molecule has 1 N–H and O–H groups in total. The van der Waals surface area contributed by atoms with Crippen molar-refractivity contribution in [1.29, 1.82) is 0 Å². The Labute approximate surface area is 169 Å². The third-order valence-electron chi connectivity index (χ3n) is 6.50. The van der Waals surface area contributed by atoms with Crippen LogP contribution in [0.2, 0.25) is 0 Å². The summed E-state index contributed by atoms with van der Waals surface area (Å²) in [6.45, 7) is 6.89. The summed E-state index contributed by atoms with van der Waals surface area (Å²) in [6.07, 6.45) is 12.1. The number of unbranched alkanes of at least 4 members (excludes halogenated alkanes) is 2. The molecule has 5 heteroatoms. The molecule has 2 rings (SSSR count). The average molecular weight is 395 g/mol. The first-order valence-corrected chi connectivity index (χ1v) is 11.1. The van der Waals surface area contributed by atoms with Gasteiger partial charge in [0.25, 0.3) is 0 Å². The Morgan fingerprint density at radius 3 is 2.04 bits per heavy atom. The zero-order valence-corrected chi connectivity index (χ0v) is 17.5. The maximum Gasteiger partial charge on any atom is 0.306 e. The van der Waals surface area contributed by atoms with Gasteiger partial charge in [-0.3, -0.25) is 9.59 Å². The molecule has 0 aliphatic heterocycles. The monoisotopic (exact) mass is 394 g/mol. The largest absolute Gasteiger partial charge is 0.481 e. The van der Waals surface area contributed by atoms with Crippen molar-refractivity contribution in [2.24, 2.45) is 17.8 Å². The molecular formula is C23H38O5. The van der Waals surface area contributed by atoms with Crippen LogP contribution in [0.5, 0.6) is 0 Å². The highest BCUT2D eigenvalue weighted by Crippen LogP contribution is 2.40. The number of Topliss-reactive ketones (excluding diaryl/α,β-unsaturated/α-hetero) is 1. The fourth-order valence-corrected chi connectivity index (χ4v) is 4.59. The predicted octanol–water partition coefficient (Wildman–Crippen LogP) is 4.78. The van der Waals surface area contributed by atoms with Gasteiger partial charge in [0.15, 0.2) is 5.78 Å². The second-order valence-corrected chi connectivity index (χ2v) is 8.67. The van der Waals surface area contributed by atoms with Crippen molar-refractivity contribution in [3.05, 3.63) is 12.2 Å². The van der Waals surface area contributed by atoms with Crippen LogP contribution in [0.4, 0.5) is 0 Å². The van der Waals surface area contributed by atoms with E-state index in [-0.39, 0.29) is 18.3 Å². The molecule has 0 aromatic heterocycles. The maximum absolute atomic E-state index is 11.4. The predicted molar refractivity (Wildman–Crippen MR) is 109 cm³/mol. The molecule has 0 bridgehead atoms. The highest BCUT2D eigenvalue weighted by Gasteiger charge is 2.32. The van der Waals surface area contributed by atoms with Gasteiger partial charge in [0.1, 0.15) is 6.61 Å². The molecule has 0 heterocycles. The summed E-state index contributed by atoms with van der Waals surface area (Å²) < 4.78 is 11.4. The third kappa shape index (κ3) is 8.04. The molecule has 0 atom stereocenters. The van der Waals surface area contributed by atoms with Crippen molar-refractivity contribution in [1.82, 2.24) is 0 Å². The van der Waals surface area contributed by atoms with Crippen LogP contribution in [0.15, 0.2) is 12.2 Å². The molecule has 2 saturated carbocycles. The molecule has 0 unspecified atom stereocenters. The molecule has 2 aliphatic carbocycles. The SMILES string of the molecule is C=C(C)C(=O)COCCCCCOC1CCC(C2CCC(C(=O)O)CC2)CC1. The van der Waals surface area contributed by atoms with Crippen LogP contribution in [-0.4, -0.2) is 42.8 Å². The van der Waals surface area contributed by atoms with E-state index in [2.05, 4.69) is 6.58 Å². The summed E-state index contributed by atoms with van der Waals surface area (Å²) in [6, 6.07) is 0. The van der Waals surface area contributed by atoms with Crippen molar-refractivity contribution in [2.75, 3.05) is 19.8 Å². The summed E-state index contributed by atoms with van der Waals surface area (Å²) >= 11 is 0. The van der Waals surface area contributed by atoms with E-state index < -0.39 is 5.97 Å². The zero-order chi connectivity index (χ0) is 20.4. The van der Waals surface area contributed by atoms with Gasteiger partial charge in [-0.2, -0.15) is 0 Å². The fraction of sp³-hybridized carbons (Fsp3) is 0.826. The van der Waals surface area contributed by atoms with E-state index in [4.69, 9.17) is 14.6 Å². The first kappa shape index (κ1) is 23.1. The lowest BCUT2D eigenvalue weighted by molar-refractivity contribution is -0.143. The number of rotatable bonds is 12. The minimum absolute atomic E-state index is 0.0196. The average Bonchev–Trinajstić information content (AvgIpc) is 2.70. The number of ether oxygens (including phenoxy) is 2. The van der Waals surface area contributed by atoms with Gasteiger partial charge < -0.3 is 14.6 Å².